The topological polar surface area (TPSA) is 29.3 Å². The van der Waals surface area contributed by atoms with E-state index in [2.05, 4.69) is 49.9 Å². The van der Waals surface area contributed by atoms with Crippen LogP contribution >= 0.6 is 0 Å². The fraction of sp³-hybridized carbons (Fsp3) is 0.647. The summed E-state index contributed by atoms with van der Waals surface area (Å²) in [5.74, 6) is 1.22. The van der Waals surface area contributed by atoms with Gasteiger partial charge in [-0.1, -0.05) is 45.0 Å². The number of hydrogen-bond donors (Lipinski definition) is 1. The van der Waals surface area contributed by atoms with Crippen molar-refractivity contribution in [2.24, 2.45) is 5.73 Å². The molecule has 0 amide bonds. The lowest BCUT2D eigenvalue weighted by molar-refractivity contribution is 0.189. The van der Waals surface area contributed by atoms with E-state index in [1.807, 2.05) is 0 Å². The molecule has 2 unspecified atom stereocenters. The van der Waals surface area contributed by atoms with E-state index in [0.717, 1.165) is 13.0 Å². The molecule has 1 aliphatic heterocycles. The predicted octanol–water partition coefficient (Wildman–Crippen LogP) is 3.34. The molecule has 1 aromatic rings. The van der Waals surface area contributed by atoms with Crippen LogP contribution in [0, 0.1) is 0 Å². The van der Waals surface area contributed by atoms with Gasteiger partial charge in [-0.15, -0.1) is 0 Å². The minimum Gasteiger partial charge on any atom is -0.327 e. The van der Waals surface area contributed by atoms with Crippen LogP contribution in [0.5, 0.6) is 0 Å². The fourth-order valence-electron chi connectivity index (χ4n) is 3.13. The second-order valence-corrected chi connectivity index (χ2v) is 6.27. The van der Waals surface area contributed by atoms with Gasteiger partial charge >= 0.3 is 0 Å². The maximum Gasteiger partial charge on any atom is 0.0174 e. The fourth-order valence-corrected chi connectivity index (χ4v) is 3.13. The van der Waals surface area contributed by atoms with Crippen molar-refractivity contribution < 1.29 is 0 Å². The summed E-state index contributed by atoms with van der Waals surface area (Å²) in [5.41, 5.74) is 9.10. The quantitative estimate of drug-likeness (QED) is 0.899. The third-order valence-electron chi connectivity index (χ3n) is 4.17. The Morgan fingerprint density at radius 2 is 1.89 bits per heavy atom. The van der Waals surface area contributed by atoms with Crippen LogP contribution in [0.15, 0.2) is 24.3 Å². The average Bonchev–Trinajstić information content (AvgIpc) is 2.38. The SMILES string of the molecule is CCCN1CC(N)CC(c2ccc(C(C)C)cc2)C1. The second-order valence-electron chi connectivity index (χ2n) is 6.27. The van der Waals surface area contributed by atoms with Crippen molar-refractivity contribution in [1.29, 1.82) is 0 Å². The maximum atomic E-state index is 6.22. The minimum atomic E-state index is 0.329. The molecular formula is C17H28N2. The number of benzene rings is 1. The molecule has 106 valence electrons. The highest BCUT2D eigenvalue weighted by molar-refractivity contribution is 5.28. The molecule has 0 aliphatic carbocycles. The molecular weight excluding hydrogens is 232 g/mol. The van der Waals surface area contributed by atoms with Gasteiger partial charge < -0.3 is 10.6 Å². The number of piperidine rings is 1. The largest absolute Gasteiger partial charge is 0.327 e. The summed E-state index contributed by atoms with van der Waals surface area (Å²) in [6.07, 6.45) is 2.34. The summed E-state index contributed by atoms with van der Waals surface area (Å²) >= 11 is 0. The number of likely N-dealkylation sites (tertiary alicyclic amines) is 1. The Hall–Kier alpha value is -0.860. The van der Waals surface area contributed by atoms with Gasteiger partial charge in [-0.2, -0.15) is 0 Å². The zero-order valence-corrected chi connectivity index (χ0v) is 12.6. The van der Waals surface area contributed by atoms with Crippen LogP contribution in [0.25, 0.3) is 0 Å². The first-order valence-corrected chi connectivity index (χ1v) is 7.68. The van der Waals surface area contributed by atoms with Gasteiger partial charge in [0.1, 0.15) is 0 Å². The molecule has 0 radical (unpaired) electrons. The Balaban J connectivity index is 2.07. The van der Waals surface area contributed by atoms with Gasteiger partial charge in [-0.3, -0.25) is 0 Å². The molecule has 0 spiro atoms. The molecule has 1 fully saturated rings. The molecule has 19 heavy (non-hydrogen) atoms. The van der Waals surface area contributed by atoms with Crippen LogP contribution in [0.2, 0.25) is 0 Å². The normalized spacial score (nSPS) is 24.9. The lowest BCUT2D eigenvalue weighted by Gasteiger charge is -2.36. The van der Waals surface area contributed by atoms with E-state index >= 15 is 0 Å². The van der Waals surface area contributed by atoms with E-state index < -0.39 is 0 Å². The number of nitrogens with zero attached hydrogens (tertiary/aromatic N) is 1. The van der Waals surface area contributed by atoms with Crippen molar-refractivity contribution in [3.05, 3.63) is 35.4 Å². The van der Waals surface area contributed by atoms with E-state index in [1.165, 1.54) is 30.6 Å². The standard InChI is InChI=1S/C17H28N2/c1-4-9-19-11-16(10-17(18)12-19)15-7-5-14(6-8-15)13(2)3/h5-8,13,16-17H,4,9-12,18H2,1-3H3. The Labute approximate surface area is 118 Å². The first kappa shape index (κ1) is 14.5. The summed E-state index contributed by atoms with van der Waals surface area (Å²) in [4.78, 5) is 2.52. The lowest BCUT2D eigenvalue weighted by Crippen LogP contribution is -2.46. The molecule has 1 aromatic carbocycles. The van der Waals surface area contributed by atoms with Gasteiger partial charge in [-0.25, -0.2) is 0 Å². The van der Waals surface area contributed by atoms with Crippen LogP contribution in [-0.2, 0) is 0 Å². The maximum absolute atomic E-state index is 6.22. The Morgan fingerprint density at radius 1 is 1.21 bits per heavy atom. The molecule has 1 aliphatic rings. The Morgan fingerprint density at radius 3 is 2.47 bits per heavy atom. The minimum absolute atomic E-state index is 0.329. The molecule has 2 heteroatoms. The van der Waals surface area contributed by atoms with Crippen LogP contribution < -0.4 is 5.73 Å². The van der Waals surface area contributed by atoms with Gasteiger partial charge in [-0.05, 0) is 42.3 Å². The highest BCUT2D eigenvalue weighted by atomic mass is 15.1. The smallest absolute Gasteiger partial charge is 0.0174 e. The van der Waals surface area contributed by atoms with Gasteiger partial charge in [0.15, 0.2) is 0 Å². The molecule has 2 rings (SSSR count). The third-order valence-corrected chi connectivity index (χ3v) is 4.17. The van der Waals surface area contributed by atoms with Gasteiger partial charge in [0.2, 0.25) is 0 Å². The van der Waals surface area contributed by atoms with Crippen LogP contribution in [0.4, 0.5) is 0 Å². The van der Waals surface area contributed by atoms with E-state index in [-0.39, 0.29) is 0 Å². The highest BCUT2D eigenvalue weighted by Crippen LogP contribution is 2.27. The van der Waals surface area contributed by atoms with Crippen LogP contribution in [0.3, 0.4) is 0 Å². The average molecular weight is 260 g/mol. The molecule has 1 heterocycles. The summed E-state index contributed by atoms with van der Waals surface area (Å²) in [7, 11) is 0. The molecule has 0 bridgehead atoms. The van der Waals surface area contributed by atoms with Crippen molar-refractivity contribution in [3.63, 3.8) is 0 Å². The van der Waals surface area contributed by atoms with Crippen molar-refractivity contribution in [2.45, 2.75) is 51.5 Å². The van der Waals surface area contributed by atoms with Crippen LogP contribution in [-0.4, -0.2) is 30.6 Å². The first-order chi connectivity index (χ1) is 9.10. The van der Waals surface area contributed by atoms with E-state index in [0.29, 0.717) is 17.9 Å². The molecule has 0 saturated carbocycles. The van der Waals surface area contributed by atoms with Crippen molar-refractivity contribution in [3.8, 4) is 0 Å². The summed E-state index contributed by atoms with van der Waals surface area (Å²) < 4.78 is 0. The Kier molecular flexibility index (Phi) is 5.00. The first-order valence-electron chi connectivity index (χ1n) is 7.68. The molecule has 2 atom stereocenters. The molecule has 1 saturated heterocycles. The number of nitrogens with two attached hydrogens (primary N) is 1. The Bertz CT molecular complexity index is 383. The molecule has 2 nitrogen and oxygen atoms in total. The molecule has 0 aromatic heterocycles. The zero-order chi connectivity index (χ0) is 13.8. The summed E-state index contributed by atoms with van der Waals surface area (Å²) in [6, 6.07) is 9.51. The van der Waals surface area contributed by atoms with E-state index in [9.17, 15) is 0 Å². The van der Waals surface area contributed by atoms with Gasteiger partial charge in [0.05, 0.1) is 0 Å². The van der Waals surface area contributed by atoms with Gasteiger partial charge in [0.25, 0.3) is 0 Å². The van der Waals surface area contributed by atoms with Crippen molar-refractivity contribution >= 4 is 0 Å². The van der Waals surface area contributed by atoms with Gasteiger partial charge in [0, 0.05) is 19.1 Å². The predicted molar refractivity (Wildman–Crippen MR) is 82.6 cm³/mol. The lowest BCUT2D eigenvalue weighted by atomic mass is 9.87. The monoisotopic (exact) mass is 260 g/mol. The number of rotatable bonds is 4. The van der Waals surface area contributed by atoms with E-state index in [1.54, 1.807) is 0 Å². The third kappa shape index (κ3) is 3.80. The van der Waals surface area contributed by atoms with Crippen molar-refractivity contribution in [2.75, 3.05) is 19.6 Å². The number of hydrogen-bond acceptors (Lipinski definition) is 2. The van der Waals surface area contributed by atoms with Crippen molar-refractivity contribution in [1.82, 2.24) is 4.90 Å². The van der Waals surface area contributed by atoms with Crippen LogP contribution in [0.1, 0.15) is 56.6 Å². The summed E-state index contributed by atoms with van der Waals surface area (Å²) in [6.45, 7) is 10.1. The zero-order valence-electron chi connectivity index (χ0n) is 12.6. The molecule has 2 N–H and O–H groups in total. The van der Waals surface area contributed by atoms with E-state index in [4.69, 9.17) is 5.73 Å². The summed E-state index contributed by atoms with van der Waals surface area (Å²) in [5, 5.41) is 0. The highest BCUT2D eigenvalue weighted by Gasteiger charge is 2.25. The second kappa shape index (κ2) is 6.53.